The predicted octanol–water partition coefficient (Wildman–Crippen LogP) is 7.87. The molecule has 6 rings (SSSR count). The Morgan fingerprint density at radius 2 is 1.58 bits per heavy atom. The van der Waals surface area contributed by atoms with Crippen molar-refractivity contribution in [2.24, 2.45) is 5.10 Å². The third kappa shape index (κ3) is 4.47. The van der Waals surface area contributed by atoms with Crippen molar-refractivity contribution in [3.8, 4) is 11.3 Å². The van der Waals surface area contributed by atoms with Crippen molar-refractivity contribution in [1.82, 2.24) is 9.97 Å². The number of rotatable bonds is 5. The van der Waals surface area contributed by atoms with Crippen LogP contribution in [0.5, 0.6) is 0 Å². The Morgan fingerprint density at radius 1 is 0.842 bits per heavy atom. The lowest BCUT2D eigenvalue weighted by Crippen LogP contribution is -2.21. The summed E-state index contributed by atoms with van der Waals surface area (Å²) < 4.78 is 0. The second-order valence-corrected chi connectivity index (χ2v) is 9.68. The van der Waals surface area contributed by atoms with Crippen molar-refractivity contribution in [1.29, 1.82) is 0 Å². The average molecular weight is 540 g/mol. The molecule has 1 aromatic heterocycles. The number of hydrogen-bond donors (Lipinski definition) is 0. The van der Waals surface area contributed by atoms with Crippen LogP contribution in [0.4, 0.5) is 11.6 Å². The van der Waals surface area contributed by atoms with Crippen LogP contribution in [0.3, 0.4) is 0 Å². The molecule has 1 atom stereocenters. The van der Waals surface area contributed by atoms with Gasteiger partial charge in [0.1, 0.15) is 0 Å². The fourth-order valence-electron chi connectivity index (χ4n) is 4.64. The van der Waals surface area contributed by atoms with Crippen molar-refractivity contribution in [3.63, 3.8) is 0 Å². The highest BCUT2D eigenvalue weighted by molar-refractivity contribution is 6.31. The van der Waals surface area contributed by atoms with Gasteiger partial charge in [-0.25, -0.2) is 15.0 Å². The first-order valence-electron chi connectivity index (χ1n) is 11.9. The summed E-state index contributed by atoms with van der Waals surface area (Å²) in [4.78, 5) is 20.6. The van der Waals surface area contributed by atoms with E-state index >= 15 is 0 Å². The second-order valence-electron chi connectivity index (χ2n) is 8.84. The molecule has 1 aliphatic rings. The number of fused-ring (bicyclic) bond motifs is 1. The first kappa shape index (κ1) is 24.0. The van der Waals surface area contributed by atoms with E-state index in [4.69, 9.17) is 38.3 Å². The van der Waals surface area contributed by atoms with Gasteiger partial charge in [0.15, 0.2) is 0 Å². The molecule has 1 unspecified atom stereocenters. The minimum atomic E-state index is -0.417. The number of hydrazone groups is 1. The van der Waals surface area contributed by atoms with Crippen molar-refractivity contribution in [2.75, 3.05) is 5.01 Å². The van der Waals surface area contributed by atoms with Crippen molar-refractivity contribution >= 4 is 51.5 Å². The quantitative estimate of drug-likeness (QED) is 0.167. The molecule has 0 radical (unpaired) electrons. The largest absolute Gasteiger partial charge is 0.269 e. The molecule has 186 valence electrons. The molecule has 7 nitrogen and oxygen atoms in total. The van der Waals surface area contributed by atoms with Gasteiger partial charge >= 0.3 is 0 Å². The summed E-state index contributed by atoms with van der Waals surface area (Å²) in [5.74, 6) is 0.417. The van der Waals surface area contributed by atoms with Crippen LogP contribution in [0.15, 0.2) is 102 Å². The molecule has 0 saturated heterocycles. The Kier molecular flexibility index (Phi) is 6.23. The topological polar surface area (TPSA) is 84.5 Å². The van der Waals surface area contributed by atoms with Crippen molar-refractivity contribution in [3.05, 3.63) is 128 Å². The highest BCUT2D eigenvalue weighted by atomic mass is 35.5. The summed E-state index contributed by atoms with van der Waals surface area (Å²) in [5, 5.41) is 19.9. The molecule has 5 aromatic rings. The van der Waals surface area contributed by atoms with Crippen LogP contribution < -0.4 is 5.01 Å². The standard InChI is InChI=1S/C29H19Cl2N5O2/c30-20-12-15-25-23(16-20)28(19-6-2-1-3-7-19)33-29(32-25)35-27(22-8-4-5-9-24(22)31)17-26(34-35)18-10-13-21(14-11-18)36(37)38/h1-16,27H,17H2. The Balaban J connectivity index is 1.53. The first-order valence-corrected chi connectivity index (χ1v) is 12.6. The van der Waals surface area contributed by atoms with Crippen LogP contribution in [-0.2, 0) is 0 Å². The predicted molar refractivity (Wildman–Crippen MR) is 151 cm³/mol. The van der Waals surface area contributed by atoms with E-state index in [1.165, 1.54) is 12.1 Å². The first-order chi connectivity index (χ1) is 18.5. The third-order valence-corrected chi connectivity index (χ3v) is 7.06. The van der Waals surface area contributed by atoms with Gasteiger partial charge < -0.3 is 0 Å². The molecule has 0 aliphatic carbocycles. The fourth-order valence-corrected chi connectivity index (χ4v) is 5.07. The van der Waals surface area contributed by atoms with E-state index in [9.17, 15) is 10.1 Å². The van der Waals surface area contributed by atoms with Gasteiger partial charge in [0, 0.05) is 39.5 Å². The molecule has 4 aromatic carbocycles. The van der Waals surface area contributed by atoms with Crippen LogP contribution >= 0.6 is 23.2 Å². The number of halogens is 2. The van der Waals surface area contributed by atoms with Crippen LogP contribution in [0.25, 0.3) is 22.2 Å². The minimum Gasteiger partial charge on any atom is -0.258 e. The SMILES string of the molecule is O=[N+]([O-])c1ccc(C2=NN(c3nc(-c4ccccc4)c4cc(Cl)ccc4n3)C(c3ccccc3Cl)C2)cc1. The van der Waals surface area contributed by atoms with E-state index in [-0.39, 0.29) is 11.7 Å². The van der Waals surface area contributed by atoms with Gasteiger partial charge in [-0.05, 0) is 47.5 Å². The molecule has 0 N–H and O–H groups in total. The van der Waals surface area contributed by atoms with E-state index in [2.05, 4.69) is 0 Å². The minimum absolute atomic E-state index is 0.0240. The van der Waals surface area contributed by atoms with Crippen LogP contribution in [0.2, 0.25) is 10.0 Å². The number of aromatic nitrogens is 2. The van der Waals surface area contributed by atoms with E-state index in [1.54, 1.807) is 23.2 Å². The van der Waals surface area contributed by atoms with Crippen LogP contribution in [0, 0.1) is 10.1 Å². The summed E-state index contributed by atoms with van der Waals surface area (Å²) in [6.45, 7) is 0. The smallest absolute Gasteiger partial charge is 0.258 e. The molecule has 0 amide bonds. The number of hydrogen-bond acceptors (Lipinski definition) is 6. The van der Waals surface area contributed by atoms with Gasteiger partial charge in [-0.3, -0.25) is 10.1 Å². The maximum absolute atomic E-state index is 11.1. The summed E-state index contributed by atoms with van der Waals surface area (Å²) >= 11 is 13.0. The van der Waals surface area contributed by atoms with E-state index in [0.717, 1.165) is 39.0 Å². The highest BCUT2D eigenvalue weighted by Crippen LogP contribution is 2.40. The van der Waals surface area contributed by atoms with E-state index in [0.29, 0.717) is 22.4 Å². The van der Waals surface area contributed by atoms with E-state index in [1.807, 2.05) is 66.7 Å². The van der Waals surface area contributed by atoms with E-state index < -0.39 is 4.92 Å². The monoisotopic (exact) mass is 539 g/mol. The zero-order valence-electron chi connectivity index (χ0n) is 19.8. The number of benzene rings is 4. The number of non-ortho nitro benzene ring substituents is 1. The van der Waals surface area contributed by atoms with Crippen molar-refractivity contribution in [2.45, 2.75) is 12.5 Å². The lowest BCUT2D eigenvalue weighted by molar-refractivity contribution is -0.384. The molecule has 38 heavy (non-hydrogen) atoms. The molecule has 0 saturated carbocycles. The van der Waals surface area contributed by atoms with Crippen LogP contribution in [0.1, 0.15) is 23.6 Å². The summed E-state index contributed by atoms with van der Waals surface area (Å²) in [5.41, 5.74) is 4.85. The molecule has 0 spiro atoms. The second kappa shape index (κ2) is 9.85. The number of nitro benzene ring substituents is 1. The molecular weight excluding hydrogens is 521 g/mol. The molecule has 2 heterocycles. The molecule has 1 aliphatic heterocycles. The number of nitrogens with zero attached hydrogens (tertiary/aromatic N) is 5. The van der Waals surface area contributed by atoms with Gasteiger partial charge in [0.2, 0.25) is 5.95 Å². The highest BCUT2D eigenvalue weighted by Gasteiger charge is 2.33. The van der Waals surface area contributed by atoms with Crippen molar-refractivity contribution < 1.29 is 4.92 Å². The fraction of sp³-hybridized carbons (Fsp3) is 0.0690. The van der Waals surface area contributed by atoms with Gasteiger partial charge in [-0.2, -0.15) is 5.10 Å². The molecule has 0 fully saturated rings. The Morgan fingerprint density at radius 3 is 2.32 bits per heavy atom. The third-order valence-electron chi connectivity index (χ3n) is 6.48. The molecular formula is C29H19Cl2N5O2. The van der Waals surface area contributed by atoms with Gasteiger partial charge in [-0.15, -0.1) is 0 Å². The lowest BCUT2D eigenvalue weighted by atomic mass is 9.98. The Labute approximate surface area is 228 Å². The Bertz CT molecular complexity index is 1710. The normalized spacial score (nSPS) is 15.1. The average Bonchev–Trinajstić information content (AvgIpc) is 3.38. The summed E-state index contributed by atoms with van der Waals surface area (Å²) in [6, 6.07) is 29.1. The molecule has 9 heteroatoms. The summed E-state index contributed by atoms with van der Waals surface area (Å²) in [7, 11) is 0. The van der Waals surface area contributed by atoms with Gasteiger partial charge in [0.25, 0.3) is 5.69 Å². The summed E-state index contributed by atoms with van der Waals surface area (Å²) in [6.07, 6.45) is 0.518. The van der Waals surface area contributed by atoms with Gasteiger partial charge in [0.05, 0.1) is 27.9 Å². The Hall–Kier alpha value is -4.33. The zero-order chi connectivity index (χ0) is 26.2. The maximum Gasteiger partial charge on any atom is 0.269 e. The van der Waals surface area contributed by atoms with Gasteiger partial charge in [-0.1, -0.05) is 71.7 Å². The molecule has 0 bridgehead atoms. The van der Waals surface area contributed by atoms with Crippen LogP contribution in [-0.4, -0.2) is 20.6 Å². The lowest BCUT2D eigenvalue weighted by Gasteiger charge is -2.23. The number of nitro groups is 1. The number of anilines is 1. The zero-order valence-corrected chi connectivity index (χ0v) is 21.3. The maximum atomic E-state index is 11.1.